The van der Waals surface area contributed by atoms with E-state index in [1.807, 2.05) is 42.5 Å². The Morgan fingerprint density at radius 2 is 1.79 bits per heavy atom. The van der Waals surface area contributed by atoms with Crippen LogP contribution in [0.5, 0.6) is 11.5 Å². The third kappa shape index (κ3) is 3.15. The molecule has 1 atom stereocenters. The Kier molecular flexibility index (Phi) is 4.86. The first-order valence-corrected chi connectivity index (χ1v) is 8.48. The van der Waals surface area contributed by atoms with E-state index < -0.39 is 11.9 Å². The third-order valence-corrected chi connectivity index (χ3v) is 4.70. The van der Waals surface area contributed by atoms with Crippen LogP contribution < -0.4 is 4.74 Å². The molecule has 1 N–H and O–H groups in total. The van der Waals surface area contributed by atoms with Gasteiger partial charge in [-0.15, -0.1) is 0 Å². The molecule has 2 aromatic carbocycles. The summed E-state index contributed by atoms with van der Waals surface area (Å²) in [5.74, 6) is -0.207. The number of carbonyl (C=O) groups is 1. The fourth-order valence-corrected chi connectivity index (χ4v) is 3.25. The zero-order chi connectivity index (χ0) is 17.1. The maximum atomic E-state index is 11.8. The average molecular weight is 325 g/mol. The average Bonchev–Trinajstić information content (AvgIpc) is 2.60. The molecular formula is C20H23NO3. The van der Waals surface area contributed by atoms with Crippen LogP contribution in [0.15, 0.2) is 42.5 Å². The molecule has 126 valence electrons. The second-order valence-corrected chi connectivity index (χ2v) is 6.06. The second kappa shape index (κ2) is 7.05. The van der Waals surface area contributed by atoms with Gasteiger partial charge in [-0.25, -0.2) is 0 Å². The molecule has 0 saturated heterocycles. The van der Waals surface area contributed by atoms with E-state index >= 15 is 0 Å². The molecule has 1 aliphatic rings. The number of carboxylic acid groups (broad SMARTS) is 1. The van der Waals surface area contributed by atoms with Crippen molar-refractivity contribution in [2.24, 2.45) is 0 Å². The number of para-hydroxylation sites is 1. The minimum Gasteiger partial charge on any atom is -0.481 e. The highest BCUT2D eigenvalue weighted by molar-refractivity contribution is 5.83. The number of benzene rings is 2. The van der Waals surface area contributed by atoms with Crippen molar-refractivity contribution in [1.82, 2.24) is 4.90 Å². The summed E-state index contributed by atoms with van der Waals surface area (Å²) >= 11 is 0. The van der Waals surface area contributed by atoms with Crippen LogP contribution in [0.4, 0.5) is 0 Å². The standard InChI is InChI=1S/C20H23NO3/c1-3-21(4-2)12-11-14-9-10-16-18(13-14)24-17-8-6-5-7-15(17)19(16)20(22)23/h5-10,13,19H,3-4,11-12H2,1-2H3,(H,22,23). The normalized spacial score (nSPS) is 15.5. The molecule has 4 nitrogen and oxygen atoms in total. The predicted octanol–water partition coefficient (Wildman–Crippen LogP) is 3.89. The van der Waals surface area contributed by atoms with Crippen LogP contribution >= 0.6 is 0 Å². The van der Waals surface area contributed by atoms with Crippen molar-refractivity contribution in [2.75, 3.05) is 19.6 Å². The molecule has 0 amide bonds. The van der Waals surface area contributed by atoms with Crippen LogP contribution in [0.25, 0.3) is 0 Å². The smallest absolute Gasteiger partial charge is 0.315 e. The molecule has 1 heterocycles. The molecule has 0 spiro atoms. The number of fused-ring (bicyclic) bond motifs is 2. The molecule has 0 aliphatic carbocycles. The van der Waals surface area contributed by atoms with Crippen molar-refractivity contribution >= 4 is 5.97 Å². The van der Waals surface area contributed by atoms with Crippen LogP contribution in [0, 0.1) is 0 Å². The van der Waals surface area contributed by atoms with E-state index in [0.29, 0.717) is 17.1 Å². The fourth-order valence-electron chi connectivity index (χ4n) is 3.25. The first kappa shape index (κ1) is 16.5. The summed E-state index contributed by atoms with van der Waals surface area (Å²) in [5.41, 5.74) is 2.62. The lowest BCUT2D eigenvalue weighted by molar-refractivity contribution is -0.137. The Bertz CT molecular complexity index is 737. The lowest BCUT2D eigenvalue weighted by Crippen LogP contribution is -2.25. The van der Waals surface area contributed by atoms with Gasteiger partial charge < -0.3 is 14.7 Å². The van der Waals surface area contributed by atoms with Crippen molar-refractivity contribution in [2.45, 2.75) is 26.2 Å². The molecule has 3 rings (SSSR count). The molecule has 4 heteroatoms. The molecule has 1 aliphatic heterocycles. The van der Waals surface area contributed by atoms with Crippen LogP contribution in [0.1, 0.15) is 36.5 Å². The van der Waals surface area contributed by atoms with Gasteiger partial charge in [-0.05, 0) is 37.2 Å². The number of carboxylic acids is 1. The van der Waals surface area contributed by atoms with Gasteiger partial charge in [0.05, 0.1) is 0 Å². The van der Waals surface area contributed by atoms with Crippen LogP contribution in [0.2, 0.25) is 0 Å². The van der Waals surface area contributed by atoms with Gasteiger partial charge in [-0.1, -0.05) is 44.2 Å². The van der Waals surface area contributed by atoms with E-state index in [2.05, 4.69) is 18.7 Å². The van der Waals surface area contributed by atoms with Gasteiger partial charge in [0.1, 0.15) is 17.4 Å². The molecule has 0 bridgehead atoms. The van der Waals surface area contributed by atoms with Crippen molar-refractivity contribution in [3.63, 3.8) is 0 Å². The number of hydrogen-bond acceptors (Lipinski definition) is 3. The Morgan fingerprint density at radius 1 is 1.08 bits per heavy atom. The number of aliphatic carboxylic acids is 1. The van der Waals surface area contributed by atoms with E-state index in [9.17, 15) is 9.90 Å². The number of hydrogen-bond donors (Lipinski definition) is 1. The first-order valence-electron chi connectivity index (χ1n) is 8.48. The lowest BCUT2D eigenvalue weighted by atomic mass is 9.87. The van der Waals surface area contributed by atoms with E-state index in [1.54, 1.807) is 0 Å². The minimum absolute atomic E-state index is 0.637. The molecule has 0 radical (unpaired) electrons. The van der Waals surface area contributed by atoms with E-state index in [4.69, 9.17) is 4.74 Å². The summed E-state index contributed by atoms with van der Waals surface area (Å²) in [6, 6.07) is 13.3. The van der Waals surface area contributed by atoms with Crippen molar-refractivity contribution in [1.29, 1.82) is 0 Å². The fraction of sp³-hybridized carbons (Fsp3) is 0.350. The third-order valence-electron chi connectivity index (χ3n) is 4.70. The molecule has 1 unspecified atom stereocenters. The summed E-state index contributed by atoms with van der Waals surface area (Å²) < 4.78 is 5.98. The summed E-state index contributed by atoms with van der Waals surface area (Å²) in [7, 11) is 0. The summed E-state index contributed by atoms with van der Waals surface area (Å²) in [6.07, 6.45) is 0.928. The maximum Gasteiger partial charge on any atom is 0.315 e. The van der Waals surface area contributed by atoms with Gasteiger partial charge in [0.15, 0.2) is 0 Å². The van der Waals surface area contributed by atoms with Gasteiger partial charge in [0, 0.05) is 17.7 Å². The SMILES string of the molecule is CCN(CC)CCc1ccc2c(c1)Oc1ccccc1C2C(=O)O. The summed E-state index contributed by atoms with van der Waals surface area (Å²) in [5, 5.41) is 9.68. The highest BCUT2D eigenvalue weighted by atomic mass is 16.5. The van der Waals surface area contributed by atoms with Crippen molar-refractivity contribution < 1.29 is 14.6 Å². The zero-order valence-corrected chi connectivity index (χ0v) is 14.2. The first-order chi connectivity index (χ1) is 11.6. The van der Waals surface area contributed by atoms with Crippen LogP contribution in [-0.4, -0.2) is 35.6 Å². The molecule has 0 fully saturated rings. The second-order valence-electron chi connectivity index (χ2n) is 6.06. The van der Waals surface area contributed by atoms with Crippen molar-refractivity contribution in [3.05, 3.63) is 59.2 Å². The molecule has 2 aromatic rings. The number of ether oxygens (including phenoxy) is 1. The summed E-state index contributed by atoms with van der Waals surface area (Å²) in [6.45, 7) is 7.38. The van der Waals surface area contributed by atoms with E-state index in [-0.39, 0.29) is 0 Å². The topological polar surface area (TPSA) is 49.8 Å². The lowest BCUT2D eigenvalue weighted by Gasteiger charge is -2.26. The minimum atomic E-state index is -0.845. The highest BCUT2D eigenvalue weighted by Crippen LogP contribution is 2.44. The summed E-state index contributed by atoms with van der Waals surface area (Å²) in [4.78, 5) is 14.2. The van der Waals surface area contributed by atoms with Gasteiger partial charge in [-0.2, -0.15) is 0 Å². The van der Waals surface area contributed by atoms with Gasteiger partial charge >= 0.3 is 5.97 Å². The van der Waals surface area contributed by atoms with Gasteiger partial charge in [-0.3, -0.25) is 4.79 Å². The number of nitrogens with zero attached hydrogens (tertiary/aromatic N) is 1. The quantitative estimate of drug-likeness (QED) is 0.875. The largest absolute Gasteiger partial charge is 0.481 e. The molecule has 0 aromatic heterocycles. The Morgan fingerprint density at radius 3 is 2.50 bits per heavy atom. The maximum absolute atomic E-state index is 11.8. The van der Waals surface area contributed by atoms with Gasteiger partial charge in [0.2, 0.25) is 0 Å². The highest BCUT2D eigenvalue weighted by Gasteiger charge is 2.32. The monoisotopic (exact) mass is 325 g/mol. The van der Waals surface area contributed by atoms with Gasteiger partial charge in [0.25, 0.3) is 0 Å². The number of likely N-dealkylation sites (N-methyl/N-ethyl adjacent to an activating group) is 1. The predicted molar refractivity (Wildman–Crippen MR) is 93.9 cm³/mol. The Balaban J connectivity index is 1.89. The molecule has 24 heavy (non-hydrogen) atoms. The zero-order valence-electron chi connectivity index (χ0n) is 14.2. The Labute approximate surface area is 142 Å². The van der Waals surface area contributed by atoms with Crippen LogP contribution in [0.3, 0.4) is 0 Å². The molecule has 0 saturated carbocycles. The Hall–Kier alpha value is -2.33. The van der Waals surface area contributed by atoms with E-state index in [1.165, 1.54) is 5.56 Å². The van der Waals surface area contributed by atoms with E-state index in [0.717, 1.165) is 31.6 Å². The number of rotatable bonds is 6. The van der Waals surface area contributed by atoms with Crippen LogP contribution in [-0.2, 0) is 11.2 Å². The molecular weight excluding hydrogens is 302 g/mol. The van der Waals surface area contributed by atoms with Crippen molar-refractivity contribution in [3.8, 4) is 11.5 Å².